The Kier molecular flexibility index (Phi) is 6.69. The largest absolute Gasteiger partial charge is 0.381 e. The Morgan fingerprint density at radius 1 is 1.33 bits per heavy atom. The van der Waals surface area contributed by atoms with E-state index in [9.17, 15) is 0 Å². The number of hydrogen-bond acceptors (Lipinski definition) is 3. The maximum absolute atomic E-state index is 5.38. The summed E-state index contributed by atoms with van der Waals surface area (Å²) in [5, 5.41) is 0. The Morgan fingerprint density at radius 3 is 2.60 bits per heavy atom. The van der Waals surface area contributed by atoms with Gasteiger partial charge in [0.1, 0.15) is 0 Å². The molecule has 15 heavy (non-hydrogen) atoms. The lowest BCUT2D eigenvalue weighted by Gasteiger charge is -2.31. The Bertz CT molecular complexity index is 160. The van der Waals surface area contributed by atoms with Crippen LogP contribution in [0.5, 0.6) is 0 Å². The van der Waals surface area contributed by atoms with Gasteiger partial charge in [0, 0.05) is 19.3 Å². The van der Waals surface area contributed by atoms with Gasteiger partial charge in [-0.25, -0.2) is 0 Å². The van der Waals surface area contributed by atoms with Crippen molar-refractivity contribution in [2.24, 2.45) is 5.92 Å². The van der Waals surface area contributed by atoms with E-state index in [1.807, 2.05) is 0 Å². The molecule has 1 rings (SSSR count). The molecular formula is C12H25NOS. The molecular weight excluding hydrogens is 206 g/mol. The summed E-state index contributed by atoms with van der Waals surface area (Å²) in [5.41, 5.74) is 0. The van der Waals surface area contributed by atoms with E-state index in [0.717, 1.165) is 30.9 Å². The molecule has 0 aromatic carbocycles. The average molecular weight is 231 g/mol. The maximum atomic E-state index is 5.38. The summed E-state index contributed by atoms with van der Waals surface area (Å²) in [4.78, 5) is 2.51. The molecule has 1 aliphatic rings. The zero-order valence-corrected chi connectivity index (χ0v) is 11.0. The average Bonchev–Trinajstić information content (AvgIpc) is 2.27. The zero-order valence-electron chi connectivity index (χ0n) is 10.1. The van der Waals surface area contributed by atoms with Crippen LogP contribution in [0.2, 0.25) is 0 Å². The van der Waals surface area contributed by atoms with Crippen molar-refractivity contribution >= 4 is 12.6 Å². The lowest BCUT2D eigenvalue weighted by molar-refractivity contribution is 0.0416. The van der Waals surface area contributed by atoms with Crippen LogP contribution >= 0.6 is 12.6 Å². The molecule has 0 saturated carbocycles. The number of hydrogen-bond donors (Lipinski definition) is 1. The number of rotatable bonds is 6. The van der Waals surface area contributed by atoms with Crippen molar-refractivity contribution in [3.05, 3.63) is 0 Å². The molecule has 0 N–H and O–H groups in total. The number of ether oxygens (including phenoxy) is 1. The zero-order chi connectivity index (χ0) is 11.1. The van der Waals surface area contributed by atoms with Crippen molar-refractivity contribution in [2.75, 3.05) is 32.6 Å². The quantitative estimate of drug-likeness (QED) is 0.705. The van der Waals surface area contributed by atoms with Crippen molar-refractivity contribution in [1.82, 2.24) is 4.90 Å². The first kappa shape index (κ1) is 13.3. The van der Waals surface area contributed by atoms with E-state index in [1.165, 1.54) is 32.2 Å². The van der Waals surface area contributed by atoms with Gasteiger partial charge in [-0.1, -0.05) is 6.92 Å². The Labute approximate surface area is 99.8 Å². The molecule has 3 heteroatoms. The van der Waals surface area contributed by atoms with Crippen LogP contribution in [0.25, 0.3) is 0 Å². The topological polar surface area (TPSA) is 12.5 Å². The molecule has 0 aliphatic carbocycles. The fraction of sp³-hybridized carbons (Fsp3) is 1.00. The fourth-order valence-corrected chi connectivity index (χ4v) is 2.54. The molecule has 90 valence electrons. The van der Waals surface area contributed by atoms with Gasteiger partial charge in [0.15, 0.2) is 0 Å². The van der Waals surface area contributed by atoms with E-state index in [2.05, 4.69) is 31.5 Å². The molecule has 1 saturated heterocycles. The van der Waals surface area contributed by atoms with Crippen LogP contribution in [0.3, 0.4) is 0 Å². The molecule has 0 amide bonds. The van der Waals surface area contributed by atoms with Crippen molar-refractivity contribution in [3.8, 4) is 0 Å². The van der Waals surface area contributed by atoms with Gasteiger partial charge in [0.25, 0.3) is 0 Å². The molecule has 1 heterocycles. The third-order valence-corrected chi connectivity index (χ3v) is 3.67. The first-order valence-electron chi connectivity index (χ1n) is 6.13. The summed E-state index contributed by atoms with van der Waals surface area (Å²) in [6.07, 6.45) is 4.95. The third kappa shape index (κ3) is 5.23. The lowest BCUT2D eigenvalue weighted by atomic mass is 10.0. The summed E-state index contributed by atoms with van der Waals surface area (Å²) < 4.78 is 5.38. The van der Waals surface area contributed by atoms with Crippen LogP contribution < -0.4 is 0 Å². The molecule has 0 bridgehead atoms. The molecule has 2 nitrogen and oxygen atoms in total. The summed E-state index contributed by atoms with van der Waals surface area (Å²) in [5.74, 6) is 1.83. The SMILES string of the molecule is CC(CCS)CCN(C)C1CCOCC1. The number of thiol groups is 1. The molecule has 0 aromatic rings. The summed E-state index contributed by atoms with van der Waals surface area (Å²) in [6.45, 7) is 5.44. The van der Waals surface area contributed by atoms with E-state index in [-0.39, 0.29) is 0 Å². The summed E-state index contributed by atoms with van der Waals surface area (Å²) in [7, 11) is 2.25. The highest BCUT2D eigenvalue weighted by molar-refractivity contribution is 7.80. The van der Waals surface area contributed by atoms with Crippen molar-refractivity contribution in [2.45, 2.75) is 38.6 Å². The standard InChI is InChI=1S/C12H25NOS/c1-11(6-10-15)3-7-13(2)12-4-8-14-9-5-12/h11-12,15H,3-10H2,1-2H3. The van der Waals surface area contributed by atoms with Gasteiger partial charge in [0.2, 0.25) is 0 Å². The molecule has 0 aromatic heterocycles. The van der Waals surface area contributed by atoms with Gasteiger partial charge < -0.3 is 9.64 Å². The summed E-state index contributed by atoms with van der Waals surface area (Å²) >= 11 is 4.28. The number of nitrogens with zero attached hydrogens (tertiary/aromatic N) is 1. The highest BCUT2D eigenvalue weighted by Crippen LogP contribution is 2.15. The van der Waals surface area contributed by atoms with E-state index < -0.39 is 0 Å². The Balaban J connectivity index is 2.13. The normalized spacial score (nSPS) is 20.8. The molecule has 1 fully saturated rings. The minimum atomic E-state index is 0.752. The van der Waals surface area contributed by atoms with Crippen LogP contribution in [-0.2, 0) is 4.74 Å². The van der Waals surface area contributed by atoms with Gasteiger partial charge in [-0.15, -0.1) is 0 Å². The third-order valence-electron chi connectivity index (χ3n) is 3.41. The molecule has 0 radical (unpaired) electrons. The van der Waals surface area contributed by atoms with E-state index >= 15 is 0 Å². The van der Waals surface area contributed by atoms with Crippen LogP contribution in [0.1, 0.15) is 32.6 Å². The first-order valence-corrected chi connectivity index (χ1v) is 6.76. The van der Waals surface area contributed by atoms with E-state index in [0.29, 0.717) is 0 Å². The lowest BCUT2D eigenvalue weighted by Crippen LogP contribution is -2.37. The molecule has 1 unspecified atom stereocenters. The molecule has 1 atom stereocenters. The van der Waals surface area contributed by atoms with Crippen molar-refractivity contribution in [1.29, 1.82) is 0 Å². The van der Waals surface area contributed by atoms with E-state index in [1.54, 1.807) is 0 Å². The predicted molar refractivity (Wildman–Crippen MR) is 68.7 cm³/mol. The van der Waals surface area contributed by atoms with Crippen LogP contribution in [0.4, 0.5) is 0 Å². The monoisotopic (exact) mass is 231 g/mol. The Hall–Kier alpha value is 0.270. The smallest absolute Gasteiger partial charge is 0.0480 e. The minimum absolute atomic E-state index is 0.752. The maximum Gasteiger partial charge on any atom is 0.0480 e. The van der Waals surface area contributed by atoms with Crippen LogP contribution in [-0.4, -0.2) is 43.5 Å². The van der Waals surface area contributed by atoms with Crippen molar-refractivity contribution in [3.63, 3.8) is 0 Å². The second-order valence-electron chi connectivity index (χ2n) is 4.73. The van der Waals surface area contributed by atoms with Gasteiger partial charge >= 0.3 is 0 Å². The van der Waals surface area contributed by atoms with Crippen LogP contribution in [0.15, 0.2) is 0 Å². The van der Waals surface area contributed by atoms with Gasteiger partial charge in [0.05, 0.1) is 0 Å². The Morgan fingerprint density at radius 2 is 2.00 bits per heavy atom. The van der Waals surface area contributed by atoms with Crippen LogP contribution in [0, 0.1) is 5.92 Å². The van der Waals surface area contributed by atoms with Crippen molar-refractivity contribution < 1.29 is 4.74 Å². The van der Waals surface area contributed by atoms with E-state index in [4.69, 9.17) is 4.74 Å². The second-order valence-corrected chi connectivity index (χ2v) is 5.18. The van der Waals surface area contributed by atoms with Gasteiger partial charge in [-0.2, -0.15) is 12.6 Å². The fourth-order valence-electron chi connectivity index (χ4n) is 2.10. The van der Waals surface area contributed by atoms with Gasteiger partial charge in [-0.05, 0) is 50.9 Å². The highest BCUT2D eigenvalue weighted by Gasteiger charge is 2.18. The second kappa shape index (κ2) is 7.53. The predicted octanol–water partition coefficient (Wildman–Crippen LogP) is 2.44. The first-order chi connectivity index (χ1) is 7.24. The molecule has 1 aliphatic heterocycles. The molecule has 0 spiro atoms. The summed E-state index contributed by atoms with van der Waals surface area (Å²) in [6, 6.07) is 0.752. The highest BCUT2D eigenvalue weighted by atomic mass is 32.1. The van der Waals surface area contributed by atoms with Gasteiger partial charge in [-0.3, -0.25) is 0 Å². The minimum Gasteiger partial charge on any atom is -0.381 e.